The summed E-state index contributed by atoms with van der Waals surface area (Å²) < 4.78 is 0. The van der Waals surface area contributed by atoms with Gasteiger partial charge in [-0.1, -0.05) is 35.7 Å². The molecule has 0 amide bonds. The van der Waals surface area contributed by atoms with E-state index in [-0.39, 0.29) is 0 Å². The second-order valence-electron chi connectivity index (χ2n) is 4.33. The van der Waals surface area contributed by atoms with E-state index in [1.165, 1.54) is 43.1 Å². The molecule has 16 heavy (non-hydrogen) atoms. The summed E-state index contributed by atoms with van der Waals surface area (Å²) in [6, 6.07) is 0.637. The average molecular weight is 303 g/mol. The van der Waals surface area contributed by atoms with Crippen LogP contribution in [0, 0.1) is 0 Å². The first-order valence-electron chi connectivity index (χ1n) is 6.12. The molecular formula is C12H19BrN2S. The van der Waals surface area contributed by atoms with Crippen LogP contribution in [0.15, 0.2) is 5.38 Å². The topological polar surface area (TPSA) is 16.1 Å². The van der Waals surface area contributed by atoms with Crippen LogP contribution in [0.4, 0.5) is 5.13 Å². The molecule has 0 radical (unpaired) electrons. The molecule has 4 heteroatoms. The van der Waals surface area contributed by atoms with E-state index in [4.69, 9.17) is 4.98 Å². The predicted octanol–water partition coefficient (Wildman–Crippen LogP) is 3.85. The van der Waals surface area contributed by atoms with Crippen LogP contribution < -0.4 is 4.90 Å². The first-order valence-corrected chi connectivity index (χ1v) is 8.12. The lowest BCUT2D eigenvalue weighted by atomic mass is 10.1. The summed E-state index contributed by atoms with van der Waals surface area (Å²) >= 11 is 5.45. The highest BCUT2D eigenvalue weighted by Gasteiger charge is 2.22. The van der Waals surface area contributed by atoms with Gasteiger partial charge in [-0.05, 0) is 19.3 Å². The number of aryl methyl sites for hydroxylation is 1. The molecule has 2 rings (SSSR count). The summed E-state index contributed by atoms with van der Waals surface area (Å²) in [6.07, 6.45) is 6.38. The van der Waals surface area contributed by atoms with Gasteiger partial charge in [0.05, 0.1) is 5.69 Å². The number of aromatic nitrogens is 1. The molecule has 2 heterocycles. The number of alkyl halides is 1. The molecule has 1 aliphatic heterocycles. The fourth-order valence-electron chi connectivity index (χ4n) is 2.18. The fraction of sp³-hybridized carbons (Fsp3) is 0.750. The van der Waals surface area contributed by atoms with Crippen molar-refractivity contribution in [2.45, 2.75) is 45.1 Å². The summed E-state index contributed by atoms with van der Waals surface area (Å²) in [5.74, 6) is 0. The zero-order valence-corrected chi connectivity index (χ0v) is 12.2. The lowest BCUT2D eigenvalue weighted by Gasteiger charge is -2.28. The second kappa shape index (κ2) is 6.01. The van der Waals surface area contributed by atoms with Crippen molar-refractivity contribution in [3.05, 3.63) is 11.1 Å². The van der Waals surface area contributed by atoms with Crippen molar-refractivity contribution in [2.75, 3.05) is 16.8 Å². The van der Waals surface area contributed by atoms with Crippen molar-refractivity contribution < 1.29 is 0 Å². The molecule has 0 aliphatic carbocycles. The van der Waals surface area contributed by atoms with Gasteiger partial charge in [0.2, 0.25) is 0 Å². The molecule has 1 saturated heterocycles. The SMILES string of the molecule is CCc1csc(N2CCCCCC2CBr)n1. The van der Waals surface area contributed by atoms with Crippen LogP contribution in [-0.4, -0.2) is 22.9 Å². The number of halogens is 1. The summed E-state index contributed by atoms with van der Waals surface area (Å²) in [6.45, 7) is 3.34. The fourth-order valence-corrected chi connectivity index (χ4v) is 3.86. The molecular weight excluding hydrogens is 284 g/mol. The zero-order chi connectivity index (χ0) is 11.4. The molecule has 1 fully saturated rings. The van der Waals surface area contributed by atoms with Crippen LogP contribution in [-0.2, 0) is 6.42 Å². The van der Waals surface area contributed by atoms with E-state index in [1.807, 2.05) is 0 Å². The van der Waals surface area contributed by atoms with Gasteiger partial charge in [0.1, 0.15) is 0 Å². The third kappa shape index (κ3) is 2.77. The average Bonchev–Trinajstić information content (AvgIpc) is 2.66. The maximum Gasteiger partial charge on any atom is 0.185 e. The minimum absolute atomic E-state index is 0.637. The summed E-state index contributed by atoms with van der Waals surface area (Å²) in [7, 11) is 0. The van der Waals surface area contributed by atoms with Gasteiger partial charge in [0.15, 0.2) is 5.13 Å². The molecule has 0 spiro atoms. The molecule has 1 unspecified atom stereocenters. The van der Waals surface area contributed by atoms with Gasteiger partial charge in [-0.25, -0.2) is 4.98 Å². The Morgan fingerprint density at radius 1 is 1.50 bits per heavy atom. The third-order valence-electron chi connectivity index (χ3n) is 3.20. The number of thiazole rings is 1. The third-order valence-corrected chi connectivity index (χ3v) is 4.88. The molecule has 0 bridgehead atoms. The van der Waals surface area contributed by atoms with Crippen LogP contribution in [0.2, 0.25) is 0 Å². The maximum atomic E-state index is 4.72. The molecule has 0 aromatic carbocycles. The van der Waals surface area contributed by atoms with Crippen molar-refractivity contribution in [1.29, 1.82) is 0 Å². The highest BCUT2D eigenvalue weighted by atomic mass is 79.9. The van der Waals surface area contributed by atoms with E-state index in [1.54, 1.807) is 11.3 Å². The lowest BCUT2D eigenvalue weighted by Crippen LogP contribution is -2.36. The Bertz CT molecular complexity index is 327. The van der Waals surface area contributed by atoms with Crippen LogP contribution in [0.5, 0.6) is 0 Å². The van der Waals surface area contributed by atoms with Crippen LogP contribution in [0.1, 0.15) is 38.3 Å². The minimum atomic E-state index is 0.637. The number of rotatable bonds is 3. The molecule has 1 aromatic rings. The van der Waals surface area contributed by atoms with E-state index in [9.17, 15) is 0 Å². The smallest absolute Gasteiger partial charge is 0.185 e. The van der Waals surface area contributed by atoms with E-state index in [2.05, 4.69) is 33.1 Å². The Hall–Kier alpha value is -0.0900. The first-order chi connectivity index (χ1) is 7.85. The Morgan fingerprint density at radius 3 is 3.06 bits per heavy atom. The predicted molar refractivity (Wildman–Crippen MR) is 74.9 cm³/mol. The second-order valence-corrected chi connectivity index (χ2v) is 5.81. The molecule has 1 aliphatic rings. The van der Waals surface area contributed by atoms with Gasteiger partial charge in [0.25, 0.3) is 0 Å². The first kappa shape index (κ1) is 12.4. The van der Waals surface area contributed by atoms with Crippen LogP contribution in [0.25, 0.3) is 0 Å². The van der Waals surface area contributed by atoms with Crippen LogP contribution in [0.3, 0.4) is 0 Å². The molecule has 0 saturated carbocycles. The van der Waals surface area contributed by atoms with E-state index >= 15 is 0 Å². The van der Waals surface area contributed by atoms with Crippen LogP contribution >= 0.6 is 27.3 Å². The Balaban J connectivity index is 2.14. The van der Waals surface area contributed by atoms with E-state index < -0.39 is 0 Å². The minimum Gasteiger partial charge on any atom is -0.344 e. The Labute approximate surface area is 110 Å². The molecule has 2 nitrogen and oxygen atoms in total. The summed E-state index contributed by atoms with van der Waals surface area (Å²) in [4.78, 5) is 7.22. The van der Waals surface area contributed by atoms with E-state index in [0.29, 0.717) is 6.04 Å². The quantitative estimate of drug-likeness (QED) is 0.789. The van der Waals surface area contributed by atoms with Gasteiger partial charge >= 0.3 is 0 Å². The van der Waals surface area contributed by atoms with Crippen molar-refractivity contribution in [3.8, 4) is 0 Å². The van der Waals surface area contributed by atoms with Crippen molar-refractivity contribution in [3.63, 3.8) is 0 Å². The normalized spacial score (nSPS) is 22.1. The van der Waals surface area contributed by atoms with Gasteiger partial charge in [0, 0.05) is 23.3 Å². The zero-order valence-electron chi connectivity index (χ0n) is 9.79. The number of anilines is 1. The Morgan fingerprint density at radius 2 is 2.38 bits per heavy atom. The number of hydrogen-bond donors (Lipinski definition) is 0. The largest absolute Gasteiger partial charge is 0.344 e. The number of nitrogens with zero attached hydrogens (tertiary/aromatic N) is 2. The molecule has 0 N–H and O–H groups in total. The van der Waals surface area contributed by atoms with Crippen molar-refractivity contribution in [2.24, 2.45) is 0 Å². The van der Waals surface area contributed by atoms with Gasteiger partial charge in [-0.2, -0.15) is 0 Å². The van der Waals surface area contributed by atoms with E-state index in [0.717, 1.165) is 11.8 Å². The lowest BCUT2D eigenvalue weighted by molar-refractivity contribution is 0.625. The van der Waals surface area contributed by atoms with Gasteiger partial charge in [-0.3, -0.25) is 0 Å². The summed E-state index contributed by atoms with van der Waals surface area (Å²) in [5.41, 5.74) is 1.23. The van der Waals surface area contributed by atoms with Crippen molar-refractivity contribution in [1.82, 2.24) is 4.98 Å². The monoisotopic (exact) mass is 302 g/mol. The molecule has 90 valence electrons. The standard InChI is InChI=1S/C12H19BrN2S/c1-2-10-9-16-12(14-10)15-7-5-3-4-6-11(15)8-13/h9,11H,2-8H2,1H3. The number of hydrogen-bond acceptors (Lipinski definition) is 3. The highest BCUT2D eigenvalue weighted by Crippen LogP contribution is 2.28. The molecule has 1 aromatic heterocycles. The maximum absolute atomic E-state index is 4.72. The van der Waals surface area contributed by atoms with Gasteiger partial charge in [-0.15, -0.1) is 11.3 Å². The Kier molecular flexibility index (Phi) is 4.65. The highest BCUT2D eigenvalue weighted by molar-refractivity contribution is 9.09. The van der Waals surface area contributed by atoms with Crippen molar-refractivity contribution >= 4 is 32.4 Å². The summed E-state index contributed by atoms with van der Waals surface area (Å²) in [5, 5.41) is 4.49. The van der Waals surface area contributed by atoms with Gasteiger partial charge < -0.3 is 4.90 Å². The molecule has 1 atom stereocenters.